The van der Waals surface area contributed by atoms with Gasteiger partial charge in [0.1, 0.15) is 5.82 Å². The van der Waals surface area contributed by atoms with E-state index in [0.29, 0.717) is 25.2 Å². The normalized spacial score (nSPS) is 10.7. The van der Waals surface area contributed by atoms with Crippen LogP contribution in [0.4, 0.5) is 5.82 Å². The zero-order valence-electron chi connectivity index (χ0n) is 14.5. The second-order valence-corrected chi connectivity index (χ2v) is 7.00. The van der Waals surface area contributed by atoms with Crippen LogP contribution in [0.25, 0.3) is 10.2 Å². The highest BCUT2D eigenvalue weighted by molar-refractivity contribution is 7.18. The van der Waals surface area contributed by atoms with Crippen molar-refractivity contribution in [3.63, 3.8) is 0 Å². The third kappa shape index (κ3) is 5.10. The highest BCUT2D eigenvalue weighted by Gasteiger charge is 2.08. The van der Waals surface area contributed by atoms with E-state index in [4.69, 9.17) is 0 Å². The van der Waals surface area contributed by atoms with E-state index in [-0.39, 0.29) is 18.2 Å². The van der Waals surface area contributed by atoms with E-state index >= 15 is 0 Å². The summed E-state index contributed by atoms with van der Waals surface area (Å²) in [7, 11) is 0. The fourth-order valence-corrected chi connectivity index (χ4v) is 3.44. The van der Waals surface area contributed by atoms with Crippen molar-refractivity contribution in [3.05, 3.63) is 53.2 Å². The lowest BCUT2D eigenvalue weighted by molar-refractivity contribution is -0.121. The van der Waals surface area contributed by atoms with Crippen LogP contribution >= 0.6 is 11.3 Å². The van der Waals surface area contributed by atoms with E-state index in [1.807, 2.05) is 43.3 Å². The van der Waals surface area contributed by atoms with Crippen molar-refractivity contribution in [2.45, 2.75) is 26.2 Å². The lowest BCUT2D eigenvalue weighted by atomic mass is 10.3. The first kappa shape index (κ1) is 18.0. The van der Waals surface area contributed by atoms with Gasteiger partial charge in [-0.3, -0.25) is 9.59 Å². The topological polar surface area (TPSA) is 84.0 Å². The molecule has 134 valence electrons. The average Bonchev–Trinajstić information content (AvgIpc) is 3.03. The summed E-state index contributed by atoms with van der Waals surface area (Å²) in [5.74, 6) is 0.275. The minimum atomic E-state index is -0.172. The first-order valence-corrected chi connectivity index (χ1v) is 9.26. The molecule has 0 radical (unpaired) electrons. The smallest absolute Gasteiger partial charge is 0.227 e. The van der Waals surface area contributed by atoms with Gasteiger partial charge >= 0.3 is 0 Å². The van der Waals surface area contributed by atoms with Crippen LogP contribution in [0.1, 0.15) is 23.5 Å². The fraction of sp³-hybridized carbons (Fsp3) is 0.263. The molecule has 0 fully saturated rings. The first-order valence-electron chi connectivity index (χ1n) is 8.45. The van der Waals surface area contributed by atoms with Gasteiger partial charge in [-0.25, -0.2) is 9.97 Å². The molecule has 0 saturated carbocycles. The van der Waals surface area contributed by atoms with Crippen LogP contribution in [-0.4, -0.2) is 28.3 Å². The largest absolute Gasteiger partial charge is 0.356 e. The summed E-state index contributed by atoms with van der Waals surface area (Å²) >= 11 is 1.61. The Balaban J connectivity index is 1.38. The van der Waals surface area contributed by atoms with Gasteiger partial charge in [0.25, 0.3) is 0 Å². The standard InChI is InChI=1S/C19H20N4O2S/c1-13-5-4-8-16(21-13)23-18(25)11-12-20-17(24)9-10-19-22-14-6-2-3-7-15(14)26-19/h2-8H,9-12H2,1H3,(H,20,24)(H,21,23,25). The minimum Gasteiger partial charge on any atom is -0.356 e. The average molecular weight is 368 g/mol. The number of rotatable bonds is 7. The van der Waals surface area contributed by atoms with Crippen molar-refractivity contribution in [3.8, 4) is 0 Å². The molecule has 0 atom stereocenters. The Bertz CT molecular complexity index is 890. The molecule has 6 nitrogen and oxygen atoms in total. The van der Waals surface area contributed by atoms with Crippen LogP contribution in [0.3, 0.4) is 0 Å². The molecule has 0 aliphatic carbocycles. The van der Waals surface area contributed by atoms with E-state index in [9.17, 15) is 9.59 Å². The van der Waals surface area contributed by atoms with E-state index < -0.39 is 0 Å². The van der Waals surface area contributed by atoms with Gasteiger partial charge in [-0.05, 0) is 31.2 Å². The van der Waals surface area contributed by atoms with Crippen LogP contribution in [0, 0.1) is 6.92 Å². The molecule has 3 rings (SSSR count). The number of pyridine rings is 1. The predicted molar refractivity (Wildman–Crippen MR) is 103 cm³/mol. The minimum absolute atomic E-state index is 0.0780. The van der Waals surface area contributed by atoms with Crippen molar-refractivity contribution >= 4 is 39.2 Å². The molecule has 0 bridgehead atoms. The number of hydrogen-bond donors (Lipinski definition) is 2. The summed E-state index contributed by atoms with van der Waals surface area (Å²) in [4.78, 5) is 32.5. The number of benzene rings is 1. The molecular formula is C19H20N4O2S. The molecule has 26 heavy (non-hydrogen) atoms. The van der Waals surface area contributed by atoms with Crippen molar-refractivity contribution < 1.29 is 9.59 Å². The third-order valence-electron chi connectivity index (χ3n) is 3.73. The quantitative estimate of drug-likeness (QED) is 0.671. The van der Waals surface area contributed by atoms with Gasteiger partial charge in [0.15, 0.2) is 0 Å². The predicted octanol–water partition coefficient (Wildman–Crippen LogP) is 3.08. The van der Waals surface area contributed by atoms with E-state index in [1.54, 1.807) is 17.4 Å². The number of carbonyl (C=O) groups excluding carboxylic acids is 2. The van der Waals surface area contributed by atoms with Crippen molar-refractivity contribution in [2.24, 2.45) is 0 Å². The Kier molecular flexibility index (Phi) is 5.91. The Morgan fingerprint density at radius 2 is 1.85 bits per heavy atom. The molecule has 0 unspecified atom stereocenters. The number of fused-ring (bicyclic) bond motifs is 1. The van der Waals surface area contributed by atoms with Crippen LogP contribution in [-0.2, 0) is 16.0 Å². The number of para-hydroxylation sites is 1. The first-order chi connectivity index (χ1) is 12.6. The molecule has 2 N–H and O–H groups in total. The van der Waals surface area contributed by atoms with E-state index in [1.165, 1.54) is 0 Å². The summed E-state index contributed by atoms with van der Waals surface area (Å²) in [5, 5.41) is 6.44. The number of thiazole rings is 1. The van der Waals surface area contributed by atoms with Gasteiger partial charge in [0, 0.05) is 31.5 Å². The molecule has 3 aromatic rings. The van der Waals surface area contributed by atoms with Gasteiger partial charge in [0.2, 0.25) is 11.8 Å². The van der Waals surface area contributed by atoms with Crippen molar-refractivity contribution in [2.75, 3.05) is 11.9 Å². The number of aryl methyl sites for hydroxylation is 2. The summed E-state index contributed by atoms with van der Waals surface area (Å²) in [6.07, 6.45) is 1.17. The maximum absolute atomic E-state index is 11.9. The molecular weight excluding hydrogens is 348 g/mol. The Morgan fingerprint density at radius 3 is 2.65 bits per heavy atom. The second kappa shape index (κ2) is 8.53. The maximum Gasteiger partial charge on any atom is 0.227 e. The lowest BCUT2D eigenvalue weighted by Gasteiger charge is -2.06. The lowest BCUT2D eigenvalue weighted by Crippen LogP contribution is -2.27. The van der Waals surface area contributed by atoms with Crippen molar-refractivity contribution in [1.29, 1.82) is 0 Å². The molecule has 0 aliphatic heterocycles. The number of amides is 2. The van der Waals surface area contributed by atoms with Gasteiger partial charge < -0.3 is 10.6 Å². The van der Waals surface area contributed by atoms with Crippen LogP contribution < -0.4 is 10.6 Å². The van der Waals surface area contributed by atoms with Crippen LogP contribution in [0.5, 0.6) is 0 Å². The van der Waals surface area contributed by atoms with E-state index in [0.717, 1.165) is 20.9 Å². The summed E-state index contributed by atoms with van der Waals surface area (Å²) in [6.45, 7) is 2.16. The molecule has 0 spiro atoms. The Labute approximate surface area is 155 Å². The second-order valence-electron chi connectivity index (χ2n) is 5.89. The zero-order chi connectivity index (χ0) is 18.4. The van der Waals surface area contributed by atoms with E-state index in [2.05, 4.69) is 20.6 Å². The Morgan fingerprint density at radius 1 is 1.00 bits per heavy atom. The van der Waals surface area contributed by atoms with Crippen LogP contribution in [0.2, 0.25) is 0 Å². The van der Waals surface area contributed by atoms with Crippen molar-refractivity contribution in [1.82, 2.24) is 15.3 Å². The number of carbonyl (C=O) groups is 2. The summed E-state index contributed by atoms with van der Waals surface area (Å²) in [6, 6.07) is 13.4. The molecule has 0 saturated heterocycles. The molecule has 1 aromatic carbocycles. The van der Waals surface area contributed by atoms with Gasteiger partial charge in [0.05, 0.1) is 15.2 Å². The monoisotopic (exact) mass is 368 g/mol. The number of nitrogens with zero attached hydrogens (tertiary/aromatic N) is 2. The highest BCUT2D eigenvalue weighted by Crippen LogP contribution is 2.22. The zero-order valence-corrected chi connectivity index (χ0v) is 15.3. The Hall–Kier alpha value is -2.80. The SMILES string of the molecule is Cc1cccc(NC(=O)CCNC(=O)CCc2nc3ccccc3s2)n1. The molecule has 2 heterocycles. The molecule has 7 heteroatoms. The number of nitrogens with one attached hydrogen (secondary N) is 2. The van der Waals surface area contributed by atoms with Crippen LogP contribution in [0.15, 0.2) is 42.5 Å². The summed E-state index contributed by atoms with van der Waals surface area (Å²) in [5.41, 5.74) is 1.81. The molecule has 2 amide bonds. The number of anilines is 1. The fourth-order valence-electron chi connectivity index (χ4n) is 2.47. The molecule has 0 aliphatic rings. The van der Waals surface area contributed by atoms with Gasteiger partial charge in [-0.15, -0.1) is 11.3 Å². The number of aromatic nitrogens is 2. The number of hydrogen-bond acceptors (Lipinski definition) is 5. The van der Waals surface area contributed by atoms with Gasteiger partial charge in [-0.2, -0.15) is 0 Å². The highest BCUT2D eigenvalue weighted by atomic mass is 32.1. The molecule has 2 aromatic heterocycles. The third-order valence-corrected chi connectivity index (χ3v) is 4.83. The van der Waals surface area contributed by atoms with Gasteiger partial charge in [-0.1, -0.05) is 18.2 Å². The summed E-state index contributed by atoms with van der Waals surface area (Å²) < 4.78 is 1.13. The maximum atomic E-state index is 11.9.